The lowest BCUT2D eigenvalue weighted by molar-refractivity contribution is 0.107. The van der Waals surface area contributed by atoms with Crippen LogP contribution in [0, 0.1) is 35.7 Å². The maximum atomic E-state index is 16.9. The van der Waals surface area contributed by atoms with Crippen molar-refractivity contribution in [3.63, 3.8) is 0 Å². The van der Waals surface area contributed by atoms with Crippen LogP contribution >= 0.6 is 11.6 Å². The zero-order valence-corrected chi connectivity index (χ0v) is 26.2. The van der Waals surface area contributed by atoms with Gasteiger partial charge in [-0.25, -0.2) is 17.6 Å². The van der Waals surface area contributed by atoms with Gasteiger partial charge >= 0.3 is 6.01 Å². The number of ether oxygens (including phenoxy) is 1. The SMILES string of the molecule is Cc1cc(-c2c(F)cc3c(N4C[C@H]5CC[C@@](C)(C5)C4)nc(OCC45CCCN4C[C@H](F)C5)nc3c2F)c2c(Cl)cccc2c1F. The van der Waals surface area contributed by atoms with E-state index in [4.69, 9.17) is 21.3 Å². The van der Waals surface area contributed by atoms with Crippen molar-refractivity contribution in [2.24, 2.45) is 11.3 Å². The highest BCUT2D eigenvalue weighted by Gasteiger charge is 2.49. The van der Waals surface area contributed by atoms with Gasteiger partial charge in [-0.3, -0.25) is 4.90 Å². The second kappa shape index (κ2) is 10.4. The Hall–Kier alpha value is -3.17. The molecule has 0 amide bonds. The molecule has 10 heteroatoms. The van der Waals surface area contributed by atoms with Crippen LogP contribution in [-0.4, -0.2) is 59.4 Å². The second-order valence-corrected chi connectivity index (χ2v) is 14.6. The Bertz CT molecular complexity index is 1870. The van der Waals surface area contributed by atoms with Gasteiger partial charge in [0.25, 0.3) is 0 Å². The molecule has 1 unspecified atom stereocenters. The molecule has 4 fully saturated rings. The molecule has 2 bridgehead atoms. The highest BCUT2D eigenvalue weighted by molar-refractivity contribution is 6.36. The molecule has 4 atom stereocenters. The molecular formula is C35H35ClF4N4O. The lowest BCUT2D eigenvalue weighted by Gasteiger charge is -2.39. The van der Waals surface area contributed by atoms with Gasteiger partial charge in [0, 0.05) is 47.2 Å². The molecule has 1 saturated carbocycles. The number of aryl methyl sites for hydroxylation is 1. The molecule has 0 spiro atoms. The first-order chi connectivity index (χ1) is 21.5. The van der Waals surface area contributed by atoms with E-state index in [1.54, 1.807) is 25.1 Å². The molecule has 8 rings (SSSR count). The minimum atomic E-state index is -0.921. The monoisotopic (exact) mass is 638 g/mol. The number of piperidine rings is 1. The van der Waals surface area contributed by atoms with Gasteiger partial charge in [-0.05, 0) is 86.2 Å². The smallest absolute Gasteiger partial charge is 0.319 e. The minimum Gasteiger partial charge on any atom is -0.461 e. The molecule has 0 N–H and O–H groups in total. The van der Waals surface area contributed by atoms with Crippen LogP contribution in [-0.2, 0) is 0 Å². The predicted molar refractivity (Wildman–Crippen MR) is 168 cm³/mol. The van der Waals surface area contributed by atoms with E-state index in [-0.39, 0.29) is 61.4 Å². The molecule has 3 aliphatic heterocycles. The van der Waals surface area contributed by atoms with Crippen LogP contribution in [0.4, 0.5) is 23.4 Å². The normalized spacial score (nSPS) is 28.0. The van der Waals surface area contributed by atoms with Crippen LogP contribution < -0.4 is 9.64 Å². The summed E-state index contributed by atoms with van der Waals surface area (Å²) >= 11 is 6.52. The number of anilines is 1. The molecule has 5 nitrogen and oxygen atoms in total. The Balaban J connectivity index is 1.30. The van der Waals surface area contributed by atoms with Gasteiger partial charge < -0.3 is 9.64 Å². The van der Waals surface area contributed by atoms with Gasteiger partial charge in [0.2, 0.25) is 0 Å². The zero-order chi connectivity index (χ0) is 31.2. The van der Waals surface area contributed by atoms with Crippen molar-refractivity contribution in [2.45, 2.75) is 64.1 Å². The fourth-order valence-corrected chi connectivity index (χ4v) is 9.13. The van der Waals surface area contributed by atoms with Gasteiger partial charge in [0.05, 0.1) is 11.1 Å². The third-order valence-electron chi connectivity index (χ3n) is 10.9. The number of rotatable bonds is 5. The topological polar surface area (TPSA) is 41.5 Å². The second-order valence-electron chi connectivity index (χ2n) is 14.2. The fourth-order valence-electron chi connectivity index (χ4n) is 8.85. The fraction of sp³-hybridized carbons (Fsp3) is 0.486. The summed E-state index contributed by atoms with van der Waals surface area (Å²) < 4.78 is 69.0. The van der Waals surface area contributed by atoms with Gasteiger partial charge in [-0.15, -0.1) is 0 Å². The third-order valence-corrected chi connectivity index (χ3v) is 11.2. The van der Waals surface area contributed by atoms with Crippen LogP contribution in [0.5, 0.6) is 6.01 Å². The first kappa shape index (κ1) is 29.2. The zero-order valence-electron chi connectivity index (χ0n) is 25.4. The summed E-state index contributed by atoms with van der Waals surface area (Å²) in [6, 6.07) is 7.44. The van der Waals surface area contributed by atoms with Crippen molar-refractivity contribution in [2.75, 3.05) is 37.7 Å². The van der Waals surface area contributed by atoms with E-state index in [0.717, 1.165) is 45.2 Å². The van der Waals surface area contributed by atoms with Crippen LogP contribution in [0.3, 0.4) is 0 Å². The average molecular weight is 639 g/mol. The molecule has 4 aliphatic rings. The van der Waals surface area contributed by atoms with E-state index >= 15 is 13.2 Å². The van der Waals surface area contributed by atoms with Gasteiger partial charge in [0.1, 0.15) is 35.7 Å². The van der Waals surface area contributed by atoms with Gasteiger partial charge in [-0.1, -0.05) is 30.7 Å². The summed E-state index contributed by atoms with van der Waals surface area (Å²) in [6.07, 6.45) is 4.53. The molecule has 3 saturated heterocycles. The first-order valence-corrected chi connectivity index (χ1v) is 16.3. The Labute approximate surface area is 264 Å². The van der Waals surface area contributed by atoms with Crippen LogP contribution in [0.2, 0.25) is 5.02 Å². The molecule has 1 aliphatic carbocycles. The number of aromatic nitrogens is 2. The lowest BCUT2D eigenvalue weighted by Crippen LogP contribution is -2.44. The summed E-state index contributed by atoms with van der Waals surface area (Å²) in [5, 5.41) is 0.857. The summed E-state index contributed by atoms with van der Waals surface area (Å²) in [5.41, 5.74) is -0.371. The van der Waals surface area contributed by atoms with E-state index in [1.165, 1.54) is 12.1 Å². The third kappa shape index (κ3) is 4.67. The Morgan fingerprint density at radius 1 is 1.04 bits per heavy atom. The van der Waals surface area contributed by atoms with Crippen molar-refractivity contribution in [1.29, 1.82) is 0 Å². The molecule has 236 valence electrons. The molecule has 0 radical (unpaired) electrons. The van der Waals surface area contributed by atoms with Crippen molar-refractivity contribution in [3.8, 4) is 17.1 Å². The Morgan fingerprint density at radius 2 is 1.89 bits per heavy atom. The maximum Gasteiger partial charge on any atom is 0.319 e. The predicted octanol–water partition coefficient (Wildman–Crippen LogP) is 8.41. The number of hydrogen-bond donors (Lipinski definition) is 0. The Morgan fingerprint density at radius 3 is 2.71 bits per heavy atom. The van der Waals surface area contributed by atoms with Crippen molar-refractivity contribution >= 4 is 39.1 Å². The highest BCUT2D eigenvalue weighted by Crippen LogP contribution is 2.49. The molecule has 4 aromatic rings. The first-order valence-electron chi connectivity index (χ1n) is 15.9. The number of alkyl halides is 1. The van der Waals surface area contributed by atoms with Crippen LogP contribution in [0.15, 0.2) is 30.3 Å². The maximum absolute atomic E-state index is 16.9. The Kier molecular flexibility index (Phi) is 6.77. The minimum absolute atomic E-state index is 0.0151. The molecule has 3 aromatic carbocycles. The molecule has 1 aromatic heterocycles. The van der Waals surface area contributed by atoms with Gasteiger partial charge in [0.15, 0.2) is 5.82 Å². The number of benzene rings is 3. The lowest BCUT2D eigenvalue weighted by atomic mass is 9.84. The van der Waals surface area contributed by atoms with Gasteiger partial charge in [-0.2, -0.15) is 9.97 Å². The van der Waals surface area contributed by atoms with E-state index in [9.17, 15) is 4.39 Å². The summed E-state index contributed by atoms with van der Waals surface area (Å²) in [6.45, 7) is 6.63. The molecule has 45 heavy (non-hydrogen) atoms. The molecular weight excluding hydrogens is 604 g/mol. The number of hydrogen-bond acceptors (Lipinski definition) is 5. The van der Waals surface area contributed by atoms with E-state index in [2.05, 4.69) is 21.7 Å². The largest absolute Gasteiger partial charge is 0.461 e. The molecule has 4 heterocycles. The highest BCUT2D eigenvalue weighted by atomic mass is 35.5. The van der Waals surface area contributed by atoms with E-state index in [0.29, 0.717) is 31.2 Å². The van der Waals surface area contributed by atoms with Crippen LogP contribution in [0.25, 0.3) is 32.8 Å². The number of fused-ring (bicyclic) bond motifs is 5. The summed E-state index contributed by atoms with van der Waals surface area (Å²) in [7, 11) is 0. The van der Waals surface area contributed by atoms with Crippen LogP contribution in [0.1, 0.15) is 51.0 Å². The quantitative estimate of drug-likeness (QED) is 0.205. The standard InChI is InChI=1S/C35H35ClF4N4O/c1-19-11-23(27-22(29(19)39)5-3-6-25(27)36)28-26(38)12-24-31(30(28)40)41-33(45-18-35-8-4-10-44(35)16-21(37)14-35)42-32(24)43-15-20-7-9-34(2,13-20)17-43/h3,5-6,11-12,20-21H,4,7-10,13-18H2,1-2H3/t20-,21+,34-,35?/m0/s1. The average Bonchev–Trinajstić information content (AvgIpc) is 3.62. The number of nitrogens with zero attached hydrogens (tertiary/aromatic N) is 4. The number of halogens is 5. The van der Waals surface area contributed by atoms with Crippen molar-refractivity contribution in [1.82, 2.24) is 14.9 Å². The van der Waals surface area contributed by atoms with Crippen molar-refractivity contribution < 1.29 is 22.3 Å². The summed E-state index contributed by atoms with van der Waals surface area (Å²) in [4.78, 5) is 13.6. The van der Waals surface area contributed by atoms with E-state index < -0.39 is 29.2 Å². The van der Waals surface area contributed by atoms with E-state index in [1.807, 2.05) is 0 Å². The van der Waals surface area contributed by atoms with Crippen molar-refractivity contribution in [3.05, 3.63) is 58.4 Å². The summed E-state index contributed by atoms with van der Waals surface area (Å²) in [5.74, 6) is -1.28.